The molecule has 2 aromatic carbocycles. The molecule has 6 heteroatoms. The lowest BCUT2D eigenvalue weighted by Crippen LogP contribution is -2.19. The first-order valence-electron chi connectivity index (χ1n) is 8.58. The van der Waals surface area contributed by atoms with Crippen LogP contribution in [-0.2, 0) is 0 Å². The van der Waals surface area contributed by atoms with E-state index in [4.69, 9.17) is 0 Å². The molecule has 0 radical (unpaired) electrons. The van der Waals surface area contributed by atoms with Crippen LogP contribution in [0.2, 0.25) is 0 Å². The van der Waals surface area contributed by atoms with Crippen LogP contribution in [0.4, 0.5) is 0 Å². The van der Waals surface area contributed by atoms with Crippen LogP contribution in [0.3, 0.4) is 0 Å². The summed E-state index contributed by atoms with van der Waals surface area (Å²) in [5.41, 5.74) is 3.59. The number of hydrogen-bond acceptors (Lipinski definition) is 5. The molecule has 2 aliphatic heterocycles. The number of halogens is 1. The largest absolute Gasteiger partial charge is 0.368 e. The van der Waals surface area contributed by atoms with Gasteiger partial charge in [0.2, 0.25) is 0 Å². The van der Waals surface area contributed by atoms with E-state index >= 15 is 0 Å². The topological polar surface area (TPSA) is 48.8 Å². The molecule has 0 aliphatic carbocycles. The molecule has 1 aromatic heterocycles. The number of amidine groups is 2. The molecular formula is C20H19ClN4S. The summed E-state index contributed by atoms with van der Waals surface area (Å²) in [6, 6.07) is 17.5. The number of nitrogens with zero attached hydrogens (tertiary/aromatic N) is 2. The smallest absolute Gasteiger partial charge is 0.128 e. The van der Waals surface area contributed by atoms with Crippen molar-refractivity contribution in [1.29, 1.82) is 0 Å². The van der Waals surface area contributed by atoms with E-state index in [0.29, 0.717) is 0 Å². The van der Waals surface area contributed by atoms with Crippen molar-refractivity contribution in [3.8, 4) is 10.4 Å². The Balaban J connectivity index is 0.00000168. The first-order valence-corrected chi connectivity index (χ1v) is 9.40. The average Bonchev–Trinajstić information content (AvgIpc) is 3.42. The summed E-state index contributed by atoms with van der Waals surface area (Å²) in [7, 11) is 0. The second kappa shape index (κ2) is 7.09. The molecular weight excluding hydrogens is 364 g/mol. The number of benzene rings is 2. The lowest BCUT2D eigenvalue weighted by atomic mass is 10.1. The van der Waals surface area contributed by atoms with Gasteiger partial charge in [0.25, 0.3) is 0 Å². The van der Waals surface area contributed by atoms with Crippen molar-refractivity contribution in [2.24, 2.45) is 9.98 Å². The predicted octanol–water partition coefficient (Wildman–Crippen LogP) is 3.69. The van der Waals surface area contributed by atoms with Crippen LogP contribution in [-0.4, -0.2) is 37.9 Å². The van der Waals surface area contributed by atoms with Crippen LogP contribution >= 0.6 is 23.7 Å². The molecule has 0 amide bonds. The molecule has 0 fully saturated rings. The van der Waals surface area contributed by atoms with E-state index in [9.17, 15) is 0 Å². The Kier molecular flexibility index (Phi) is 4.66. The molecule has 0 saturated heterocycles. The fourth-order valence-electron chi connectivity index (χ4n) is 3.30. The quantitative estimate of drug-likeness (QED) is 0.725. The number of aliphatic imine (C=N–C) groups is 2. The first kappa shape index (κ1) is 17.1. The van der Waals surface area contributed by atoms with Gasteiger partial charge in [-0.2, -0.15) is 0 Å². The van der Waals surface area contributed by atoms with Crippen molar-refractivity contribution in [3.63, 3.8) is 0 Å². The molecule has 5 rings (SSSR count). The number of fused-ring (bicyclic) bond motifs is 1. The molecule has 4 nitrogen and oxygen atoms in total. The van der Waals surface area contributed by atoms with Crippen molar-refractivity contribution < 1.29 is 0 Å². The standard InChI is InChI=1S/C20H18N4S.ClH/c1-3-14(19-21-7-8-22-19)4-2-13(1)17-11-15-5-6-16(12-18(15)25-17)20-23-9-10-24-20;/h1-6,11-12H,7-10H2,(H,21,22)(H,23,24);1H. The van der Waals surface area contributed by atoms with E-state index in [1.165, 1.54) is 26.1 Å². The van der Waals surface area contributed by atoms with Crippen molar-refractivity contribution >= 4 is 45.5 Å². The van der Waals surface area contributed by atoms with Crippen LogP contribution in [0.25, 0.3) is 20.5 Å². The van der Waals surface area contributed by atoms with Crippen LogP contribution in [0.5, 0.6) is 0 Å². The third kappa shape index (κ3) is 3.08. The number of thiophene rings is 1. The predicted molar refractivity (Wildman–Crippen MR) is 113 cm³/mol. The van der Waals surface area contributed by atoms with E-state index in [1.807, 2.05) is 11.3 Å². The minimum Gasteiger partial charge on any atom is -0.368 e. The summed E-state index contributed by atoms with van der Waals surface area (Å²) in [5, 5.41) is 7.95. The summed E-state index contributed by atoms with van der Waals surface area (Å²) in [5.74, 6) is 2.03. The molecule has 0 saturated carbocycles. The molecule has 2 N–H and O–H groups in total. The highest BCUT2D eigenvalue weighted by Gasteiger charge is 2.12. The fraction of sp³-hybridized carbons (Fsp3) is 0.200. The maximum atomic E-state index is 4.52. The molecule has 2 aliphatic rings. The Bertz CT molecular complexity index is 1000. The molecule has 132 valence electrons. The van der Waals surface area contributed by atoms with Gasteiger partial charge in [0, 0.05) is 33.8 Å². The first-order chi connectivity index (χ1) is 12.4. The van der Waals surface area contributed by atoms with Gasteiger partial charge in [0.15, 0.2) is 0 Å². The van der Waals surface area contributed by atoms with Crippen LogP contribution in [0.1, 0.15) is 11.1 Å². The second-order valence-electron chi connectivity index (χ2n) is 6.25. The Morgan fingerprint density at radius 1 is 0.731 bits per heavy atom. The molecule has 3 aromatic rings. The van der Waals surface area contributed by atoms with Crippen LogP contribution in [0, 0.1) is 0 Å². The van der Waals surface area contributed by atoms with Gasteiger partial charge in [-0.1, -0.05) is 36.4 Å². The summed E-state index contributed by atoms with van der Waals surface area (Å²) in [4.78, 5) is 10.3. The zero-order valence-electron chi connectivity index (χ0n) is 14.2. The van der Waals surface area contributed by atoms with Gasteiger partial charge in [-0.3, -0.25) is 9.98 Å². The second-order valence-corrected chi connectivity index (χ2v) is 7.34. The lowest BCUT2D eigenvalue weighted by molar-refractivity contribution is 0.960. The van der Waals surface area contributed by atoms with Crippen molar-refractivity contribution in [2.75, 3.05) is 26.2 Å². The van der Waals surface area contributed by atoms with Crippen LogP contribution in [0.15, 0.2) is 58.5 Å². The summed E-state index contributed by atoms with van der Waals surface area (Å²) in [6.45, 7) is 3.62. The highest BCUT2D eigenvalue weighted by Crippen LogP contribution is 2.34. The minimum atomic E-state index is 0. The molecule has 3 heterocycles. The molecule has 0 unspecified atom stereocenters. The lowest BCUT2D eigenvalue weighted by Gasteiger charge is -2.03. The maximum Gasteiger partial charge on any atom is 0.128 e. The van der Waals surface area contributed by atoms with E-state index in [-0.39, 0.29) is 12.4 Å². The maximum absolute atomic E-state index is 4.52. The van der Waals surface area contributed by atoms with Crippen LogP contribution < -0.4 is 10.6 Å². The highest BCUT2D eigenvalue weighted by molar-refractivity contribution is 7.22. The number of nitrogens with one attached hydrogen (secondary N) is 2. The third-order valence-corrected chi connectivity index (χ3v) is 5.73. The van der Waals surface area contributed by atoms with Crippen molar-refractivity contribution in [3.05, 3.63) is 59.7 Å². The summed E-state index contributed by atoms with van der Waals surface area (Å²) in [6.07, 6.45) is 0. The summed E-state index contributed by atoms with van der Waals surface area (Å²) < 4.78 is 1.30. The SMILES string of the molecule is Cl.c1cc(-c2cc3ccc(C4=NCCN4)cc3s2)ccc1C1=NCCN1. The molecule has 0 atom stereocenters. The Morgan fingerprint density at radius 2 is 1.35 bits per heavy atom. The Morgan fingerprint density at radius 3 is 2.00 bits per heavy atom. The van der Waals surface area contributed by atoms with E-state index < -0.39 is 0 Å². The van der Waals surface area contributed by atoms with E-state index in [0.717, 1.165) is 43.4 Å². The number of hydrogen-bond donors (Lipinski definition) is 2. The van der Waals surface area contributed by atoms with E-state index in [1.54, 1.807) is 0 Å². The minimum absolute atomic E-state index is 0. The Labute approximate surface area is 162 Å². The van der Waals surface area contributed by atoms with E-state index in [2.05, 4.69) is 69.1 Å². The monoisotopic (exact) mass is 382 g/mol. The molecule has 26 heavy (non-hydrogen) atoms. The highest BCUT2D eigenvalue weighted by atomic mass is 35.5. The van der Waals surface area contributed by atoms with Gasteiger partial charge >= 0.3 is 0 Å². The zero-order valence-corrected chi connectivity index (χ0v) is 15.8. The normalized spacial score (nSPS) is 15.8. The molecule has 0 spiro atoms. The van der Waals surface area contributed by atoms with Gasteiger partial charge in [-0.05, 0) is 23.1 Å². The van der Waals surface area contributed by atoms with Crippen molar-refractivity contribution in [1.82, 2.24) is 10.6 Å². The van der Waals surface area contributed by atoms with Gasteiger partial charge < -0.3 is 10.6 Å². The molecule has 0 bridgehead atoms. The Hall–Kier alpha value is -2.37. The van der Waals surface area contributed by atoms with Gasteiger partial charge in [-0.15, -0.1) is 23.7 Å². The zero-order chi connectivity index (χ0) is 16.6. The van der Waals surface area contributed by atoms with Gasteiger partial charge in [-0.25, -0.2) is 0 Å². The van der Waals surface area contributed by atoms with Crippen molar-refractivity contribution in [2.45, 2.75) is 0 Å². The van der Waals surface area contributed by atoms with Gasteiger partial charge in [0.1, 0.15) is 11.7 Å². The summed E-state index contributed by atoms with van der Waals surface area (Å²) >= 11 is 1.83. The van der Waals surface area contributed by atoms with Gasteiger partial charge in [0.05, 0.1) is 13.1 Å². The third-order valence-electron chi connectivity index (χ3n) is 4.58. The average molecular weight is 383 g/mol. The number of rotatable bonds is 3. The fourth-order valence-corrected chi connectivity index (χ4v) is 4.40.